The molecule has 0 saturated carbocycles. The van der Waals surface area contributed by atoms with Crippen LogP contribution in [0.3, 0.4) is 0 Å². The number of hydrogen-bond donors (Lipinski definition) is 3. The van der Waals surface area contributed by atoms with Gasteiger partial charge in [-0.05, 0) is 39.2 Å². The third kappa shape index (κ3) is 15.4. The fourth-order valence-electron chi connectivity index (χ4n) is 2.78. The summed E-state index contributed by atoms with van der Waals surface area (Å²) in [5.74, 6) is 0.851. The summed E-state index contributed by atoms with van der Waals surface area (Å²) >= 11 is 0. The molecule has 1 aliphatic rings. The average Bonchev–Trinajstić information content (AvgIpc) is 2.65. The molecule has 0 radical (unpaired) electrons. The Morgan fingerprint density at radius 1 is 1.04 bits per heavy atom. The molecule has 0 bridgehead atoms. The van der Waals surface area contributed by atoms with Gasteiger partial charge < -0.3 is 30.1 Å². The Bertz CT molecular complexity index is 354. The van der Waals surface area contributed by atoms with Crippen LogP contribution in [0.2, 0.25) is 0 Å². The molecule has 1 fully saturated rings. The van der Waals surface area contributed by atoms with Crippen LogP contribution in [-0.2, 0) is 9.47 Å². The van der Waals surface area contributed by atoms with Crippen LogP contribution in [0.5, 0.6) is 0 Å². The van der Waals surface area contributed by atoms with Crippen LogP contribution in [0.1, 0.15) is 46.0 Å². The molecule has 7 nitrogen and oxygen atoms in total. The Morgan fingerprint density at radius 3 is 2.41 bits per heavy atom. The summed E-state index contributed by atoms with van der Waals surface area (Å²) in [5.41, 5.74) is 0. The smallest absolute Gasteiger partial charge is 0.191 e. The van der Waals surface area contributed by atoms with E-state index < -0.39 is 0 Å². The summed E-state index contributed by atoms with van der Waals surface area (Å²) < 4.78 is 11.0. The van der Waals surface area contributed by atoms with Crippen LogP contribution in [0.15, 0.2) is 4.99 Å². The van der Waals surface area contributed by atoms with E-state index in [-0.39, 0.29) is 30.1 Å². The van der Waals surface area contributed by atoms with Crippen molar-refractivity contribution in [2.45, 2.75) is 52.1 Å². The molecule has 0 amide bonds. The first-order valence-electron chi connectivity index (χ1n) is 10.3. The van der Waals surface area contributed by atoms with Crippen molar-refractivity contribution < 1.29 is 14.6 Å². The van der Waals surface area contributed by atoms with Crippen molar-refractivity contribution in [2.24, 2.45) is 4.99 Å². The van der Waals surface area contributed by atoms with Gasteiger partial charge in [-0.15, -0.1) is 24.0 Å². The molecule has 162 valence electrons. The topological polar surface area (TPSA) is 78.4 Å². The second-order valence-electron chi connectivity index (χ2n) is 6.69. The SMILES string of the molecule is CCCCOCCOCCNC(=NCCCN1CCC(O)CC1)NCC.I. The number of piperidine rings is 1. The highest BCUT2D eigenvalue weighted by Gasteiger charge is 2.15. The molecule has 0 atom stereocenters. The molecule has 8 heteroatoms. The highest BCUT2D eigenvalue weighted by molar-refractivity contribution is 14.0. The molecule has 1 saturated heterocycles. The van der Waals surface area contributed by atoms with E-state index in [1.807, 2.05) is 0 Å². The largest absolute Gasteiger partial charge is 0.393 e. The molecule has 1 aliphatic heterocycles. The average molecular weight is 500 g/mol. The molecule has 0 unspecified atom stereocenters. The van der Waals surface area contributed by atoms with Gasteiger partial charge in [0.05, 0.1) is 25.9 Å². The number of guanidine groups is 1. The van der Waals surface area contributed by atoms with Crippen molar-refractivity contribution in [1.29, 1.82) is 0 Å². The number of aliphatic hydroxyl groups is 1. The van der Waals surface area contributed by atoms with Crippen molar-refractivity contribution in [3.05, 3.63) is 0 Å². The summed E-state index contributed by atoms with van der Waals surface area (Å²) in [6.07, 6.45) is 5.02. The fourth-order valence-corrected chi connectivity index (χ4v) is 2.78. The lowest BCUT2D eigenvalue weighted by molar-refractivity contribution is 0.0487. The number of ether oxygens (including phenoxy) is 2. The molecule has 0 aliphatic carbocycles. The number of halogens is 1. The Balaban J connectivity index is 0.00000676. The lowest BCUT2D eigenvalue weighted by Gasteiger charge is -2.29. The number of unbranched alkanes of at least 4 members (excludes halogenated alkanes) is 1. The van der Waals surface area contributed by atoms with Crippen molar-refractivity contribution in [1.82, 2.24) is 15.5 Å². The molecule has 0 aromatic carbocycles. The van der Waals surface area contributed by atoms with Gasteiger partial charge in [-0.25, -0.2) is 0 Å². The maximum Gasteiger partial charge on any atom is 0.191 e. The lowest BCUT2D eigenvalue weighted by atomic mass is 10.1. The third-order valence-corrected chi connectivity index (χ3v) is 4.36. The number of nitrogens with one attached hydrogen (secondary N) is 2. The fraction of sp³-hybridized carbons (Fsp3) is 0.947. The number of rotatable bonds is 14. The first-order chi connectivity index (χ1) is 12.8. The summed E-state index contributed by atoms with van der Waals surface area (Å²) in [4.78, 5) is 7.03. The number of likely N-dealkylation sites (tertiary alicyclic amines) is 1. The Hall–Kier alpha value is -0.160. The van der Waals surface area contributed by atoms with Crippen molar-refractivity contribution in [3.8, 4) is 0 Å². The minimum absolute atomic E-state index is 0. The van der Waals surface area contributed by atoms with E-state index in [0.717, 1.165) is 77.5 Å². The minimum atomic E-state index is -0.0982. The molecule has 27 heavy (non-hydrogen) atoms. The highest BCUT2D eigenvalue weighted by atomic mass is 127. The predicted molar refractivity (Wildman–Crippen MR) is 122 cm³/mol. The van der Waals surface area contributed by atoms with Gasteiger partial charge in [0, 0.05) is 39.3 Å². The van der Waals surface area contributed by atoms with Gasteiger partial charge in [0.1, 0.15) is 0 Å². The van der Waals surface area contributed by atoms with E-state index >= 15 is 0 Å². The van der Waals surface area contributed by atoms with Gasteiger partial charge >= 0.3 is 0 Å². The molecule has 3 N–H and O–H groups in total. The Labute approximate surface area is 182 Å². The second-order valence-corrected chi connectivity index (χ2v) is 6.69. The van der Waals surface area contributed by atoms with Crippen LogP contribution >= 0.6 is 24.0 Å². The molecular weight excluding hydrogens is 459 g/mol. The van der Waals surface area contributed by atoms with Crippen LogP contribution in [0.4, 0.5) is 0 Å². The van der Waals surface area contributed by atoms with E-state index in [1.165, 1.54) is 6.42 Å². The summed E-state index contributed by atoms with van der Waals surface area (Å²) in [5, 5.41) is 16.1. The van der Waals surface area contributed by atoms with Gasteiger partial charge in [0.15, 0.2) is 5.96 Å². The van der Waals surface area contributed by atoms with E-state index in [1.54, 1.807) is 0 Å². The van der Waals surface area contributed by atoms with Gasteiger partial charge in [-0.3, -0.25) is 4.99 Å². The Morgan fingerprint density at radius 2 is 1.74 bits per heavy atom. The Kier molecular flexibility index (Phi) is 19.1. The maximum absolute atomic E-state index is 9.53. The molecule has 0 aromatic rings. The number of hydrogen-bond acceptors (Lipinski definition) is 5. The minimum Gasteiger partial charge on any atom is -0.393 e. The van der Waals surface area contributed by atoms with Gasteiger partial charge in [-0.2, -0.15) is 0 Å². The van der Waals surface area contributed by atoms with E-state index in [0.29, 0.717) is 19.8 Å². The lowest BCUT2D eigenvalue weighted by Crippen LogP contribution is -2.39. The van der Waals surface area contributed by atoms with E-state index in [4.69, 9.17) is 9.47 Å². The van der Waals surface area contributed by atoms with Gasteiger partial charge in [-0.1, -0.05) is 13.3 Å². The van der Waals surface area contributed by atoms with Crippen LogP contribution in [0.25, 0.3) is 0 Å². The van der Waals surface area contributed by atoms with Crippen molar-refractivity contribution in [3.63, 3.8) is 0 Å². The summed E-state index contributed by atoms with van der Waals surface area (Å²) in [6.45, 7) is 12.5. The first-order valence-corrected chi connectivity index (χ1v) is 10.3. The van der Waals surface area contributed by atoms with Gasteiger partial charge in [0.2, 0.25) is 0 Å². The zero-order valence-electron chi connectivity index (χ0n) is 17.3. The normalized spacial score (nSPS) is 16.2. The molecule has 0 spiro atoms. The number of aliphatic imine (C=N–C) groups is 1. The van der Waals surface area contributed by atoms with Crippen LogP contribution in [-0.4, -0.2) is 87.8 Å². The molecular formula is C19H41IN4O3. The second kappa shape index (κ2) is 19.2. The summed E-state index contributed by atoms with van der Waals surface area (Å²) in [6, 6.07) is 0. The van der Waals surface area contributed by atoms with Crippen molar-refractivity contribution in [2.75, 3.05) is 65.7 Å². The summed E-state index contributed by atoms with van der Waals surface area (Å²) in [7, 11) is 0. The predicted octanol–water partition coefficient (Wildman–Crippen LogP) is 1.84. The monoisotopic (exact) mass is 500 g/mol. The quantitative estimate of drug-likeness (QED) is 0.146. The highest BCUT2D eigenvalue weighted by Crippen LogP contribution is 2.09. The number of aliphatic hydroxyl groups excluding tert-OH is 1. The molecule has 1 heterocycles. The first kappa shape index (κ1) is 26.8. The van der Waals surface area contributed by atoms with E-state index in [2.05, 4.69) is 34.4 Å². The zero-order chi connectivity index (χ0) is 18.9. The standard InChI is InChI=1S/C19H40N4O3.HI/c1-3-5-14-25-16-17-26-15-10-22-19(20-4-2)21-9-6-11-23-12-7-18(24)8-13-23;/h18,24H,3-17H2,1-2H3,(H2,20,21,22);1H. The number of nitrogens with zero attached hydrogens (tertiary/aromatic N) is 2. The molecule has 1 rings (SSSR count). The van der Waals surface area contributed by atoms with Crippen molar-refractivity contribution >= 4 is 29.9 Å². The zero-order valence-corrected chi connectivity index (χ0v) is 19.6. The van der Waals surface area contributed by atoms with Crippen LogP contribution in [0, 0.1) is 0 Å². The maximum atomic E-state index is 9.53. The van der Waals surface area contributed by atoms with E-state index in [9.17, 15) is 5.11 Å². The third-order valence-electron chi connectivity index (χ3n) is 4.36. The van der Waals surface area contributed by atoms with Gasteiger partial charge in [0.25, 0.3) is 0 Å². The van der Waals surface area contributed by atoms with Crippen LogP contribution < -0.4 is 10.6 Å². The molecule has 0 aromatic heterocycles.